The van der Waals surface area contributed by atoms with Gasteiger partial charge in [0.15, 0.2) is 0 Å². The predicted octanol–water partition coefficient (Wildman–Crippen LogP) is 2.26. The lowest BCUT2D eigenvalue weighted by Gasteiger charge is -2.15. The van der Waals surface area contributed by atoms with Gasteiger partial charge in [0.25, 0.3) is 5.91 Å². The van der Waals surface area contributed by atoms with Crippen LogP contribution in [0.4, 0.5) is 0 Å². The highest BCUT2D eigenvalue weighted by atomic mass is 32.2. The van der Waals surface area contributed by atoms with Crippen molar-refractivity contribution in [2.45, 2.75) is 12.5 Å². The minimum Gasteiger partial charge on any atom is -0.467 e. The molecular weight excluding hydrogens is 300 g/mol. The molecule has 22 heavy (non-hydrogen) atoms. The summed E-state index contributed by atoms with van der Waals surface area (Å²) in [6.07, 6.45) is 4.12. The van der Waals surface area contributed by atoms with E-state index in [1.165, 1.54) is 7.11 Å². The molecule has 5 nitrogen and oxygen atoms in total. The van der Waals surface area contributed by atoms with Crippen molar-refractivity contribution in [1.82, 2.24) is 10.3 Å². The number of ether oxygens (including phenoxy) is 1. The van der Waals surface area contributed by atoms with Crippen LogP contribution in [0.1, 0.15) is 16.9 Å². The summed E-state index contributed by atoms with van der Waals surface area (Å²) < 4.78 is 4.73. The van der Waals surface area contributed by atoms with E-state index in [-0.39, 0.29) is 11.6 Å². The zero-order chi connectivity index (χ0) is 15.9. The van der Waals surface area contributed by atoms with Gasteiger partial charge in [-0.25, -0.2) is 4.79 Å². The lowest BCUT2D eigenvalue weighted by molar-refractivity contribution is -0.142. The fourth-order valence-corrected chi connectivity index (χ4v) is 2.54. The molecule has 0 saturated heterocycles. The van der Waals surface area contributed by atoms with Gasteiger partial charge in [0.2, 0.25) is 0 Å². The highest BCUT2D eigenvalue weighted by molar-refractivity contribution is 7.98. The molecule has 1 heterocycles. The second-order valence-electron chi connectivity index (χ2n) is 4.75. The van der Waals surface area contributed by atoms with Gasteiger partial charge >= 0.3 is 5.97 Å². The number of benzene rings is 1. The first-order valence-electron chi connectivity index (χ1n) is 6.88. The van der Waals surface area contributed by atoms with Crippen LogP contribution in [0.15, 0.2) is 36.5 Å². The summed E-state index contributed by atoms with van der Waals surface area (Å²) in [6, 6.07) is 8.73. The maximum atomic E-state index is 12.3. The van der Waals surface area contributed by atoms with Crippen LogP contribution in [0.2, 0.25) is 0 Å². The van der Waals surface area contributed by atoms with Crippen molar-refractivity contribution in [2.24, 2.45) is 0 Å². The molecule has 6 heteroatoms. The molecule has 0 fully saturated rings. The predicted molar refractivity (Wildman–Crippen MR) is 88.0 cm³/mol. The Morgan fingerprint density at radius 2 is 2.05 bits per heavy atom. The Morgan fingerprint density at radius 3 is 2.73 bits per heavy atom. The van der Waals surface area contributed by atoms with E-state index >= 15 is 0 Å². The van der Waals surface area contributed by atoms with Crippen LogP contribution in [0.25, 0.3) is 10.8 Å². The fraction of sp³-hybridized carbons (Fsp3) is 0.312. The van der Waals surface area contributed by atoms with E-state index in [0.29, 0.717) is 6.42 Å². The van der Waals surface area contributed by atoms with E-state index in [2.05, 4.69) is 10.3 Å². The normalized spacial score (nSPS) is 11.9. The summed E-state index contributed by atoms with van der Waals surface area (Å²) in [7, 11) is 1.31. The number of esters is 1. The van der Waals surface area contributed by atoms with Gasteiger partial charge in [-0.15, -0.1) is 0 Å². The van der Waals surface area contributed by atoms with E-state index < -0.39 is 12.0 Å². The summed E-state index contributed by atoms with van der Waals surface area (Å²) in [5.41, 5.74) is 0.289. The molecule has 1 N–H and O–H groups in total. The molecule has 1 unspecified atom stereocenters. The minimum atomic E-state index is -0.654. The number of nitrogens with one attached hydrogen (secondary N) is 1. The third-order valence-electron chi connectivity index (χ3n) is 3.27. The molecule has 0 aliphatic heterocycles. The Balaban J connectivity index is 2.15. The van der Waals surface area contributed by atoms with Gasteiger partial charge < -0.3 is 10.1 Å². The Hall–Kier alpha value is -2.08. The van der Waals surface area contributed by atoms with E-state index in [1.54, 1.807) is 24.0 Å². The van der Waals surface area contributed by atoms with Crippen molar-refractivity contribution in [1.29, 1.82) is 0 Å². The second kappa shape index (κ2) is 7.79. The number of thioether (sulfide) groups is 1. The number of pyridine rings is 1. The Morgan fingerprint density at radius 1 is 1.32 bits per heavy atom. The molecule has 1 amide bonds. The average molecular weight is 318 g/mol. The fourth-order valence-electron chi connectivity index (χ4n) is 2.07. The first-order valence-corrected chi connectivity index (χ1v) is 8.27. The van der Waals surface area contributed by atoms with Gasteiger partial charge in [-0.1, -0.05) is 24.3 Å². The molecular formula is C16H18N2O3S. The molecule has 2 rings (SSSR count). The standard InChI is InChI=1S/C16H18N2O3S/c1-21-16(20)13(7-8-22-2)18-15(19)14-9-11-5-3-4-6-12(11)10-17-14/h3-6,9-10,13H,7-8H2,1-2H3,(H,18,19). The van der Waals surface area contributed by atoms with E-state index in [4.69, 9.17) is 4.74 Å². The van der Waals surface area contributed by atoms with E-state index in [9.17, 15) is 9.59 Å². The summed E-state index contributed by atoms with van der Waals surface area (Å²) in [5.74, 6) is -0.0592. The first-order chi connectivity index (χ1) is 10.7. The lowest BCUT2D eigenvalue weighted by atomic mass is 10.1. The zero-order valence-electron chi connectivity index (χ0n) is 12.5. The number of amides is 1. The molecule has 0 saturated carbocycles. The van der Waals surface area contributed by atoms with Crippen molar-refractivity contribution in [3.63, 3.8) is 0 Å². The molecule has 1 aromatic carbocycles. The highest BCUT2D eigenvalue weighted by Crippen LogP contribution is 2.13. The Kier molecular flexibility index (Phi) is 5.77. The quantitative estimate of drug-likeness (QED) is 0.828. The smallest absolute Gasteiger partial charge is 0.328 e. The maximum absolute atomic E-state index is 12.3. The molecule has 2 aromatic rings. The number of fused-ring (bicyclic) bond motifs is 1. The van der Waals surface area contributed by atoms with Crippen LogP contribution in [0.5, 0.6) is 0 Å². The third kappa shape index (κ3) is 3.98. The number of hydrogen-bond acceptors (Lipinski definition) is 5. The summed E-state index contributed by atoms with van der Waals surface area (Å²) in [4.78, 5) is 28.2. The van der Waals surface area contributed by atoms with Gasteiger partial charge in [-0.05, 0) is 29.9 Å². The van der Waals surface area contributed by atoms with Crippen molar-refractivity contribution < 1.29 is 14.3 Å². The first kappa shape index (κ1) is 16.3. The summed E-state index contributed by atoms with van der Waals surface area (Å²) in [5, 5.41) is 4.59. The summed E-state index contributed by atoms with van der Waals surface area (Å²) in [6.45, 7) is 0. The number of aromatic nitrogens is 1. The topological polar surface area (TPSA) is 68.3 Å². The van der Waals surface area contributed by atoms with Crippen LogP contribution >= 0.6 is 11.8 Å². The van der Waals surface area contributed by atoms with Gasteiger partial charge in [-0.3, -0.25) is 9.78 Å². The van der Waals surface area contributed by atoms with Crippen LogP contribution in [-0.2, 0) is 9.53 Å². The van der Waals surface area contributed by atoms with Crippen molar-refractivity contribution in [3.8, 4) is 0 Å². The van der Waals surface area contributed by atoms with Crippen molar-refractivity contribution in [3.05, 3.63) is 42.2 Å². The van der Waals surface area contributed by atoms with E-state index in [0.717, 1.165) is 16.5 Å². The van der Waals surface area contributed by atoms with Crippen LogP contribution in [0.3, 0.4) is 0 Å². The van der Waals surface area contributed by atoms with Crippen LogP contribution in [0, 0.1) is 0 Å². The van der Waals surface area contributed by atoms with Crippen LogP contribution in [-0.4, -0.2) is 42.0 Å². The molecule has 1 atom stereocenters. The monoisotopic (exact) mass is 318 g/mol. The summed E-state index contributed by atoms with van der Waals surface area (Å²) >= 11 is 1.61. The average Bonchev–Trinajstić information content (AvgIpc) is 2.57. The van der Waals surface area contributed by atoms with Crippen molar-refractivity contribution >= 4 is 34.4 Å². The van der Waals surface area contributed by atoms with Gasteiger partial charge in [0, 0.05) is 11.6 Å². The minimum absolute atomic E-state index is 0.289. The molecule has 0 bridgehead atoms. The third-order valence-corrected chi connectivity index (χ3v) is 3.91. The molecule has 1 aromatic heterocycles. The number of nitrogens with zero attached hydrogens (tertiary/aromatic N) is 1. The Bertz CT molecular complexity index is 675. The molecule has 0 spiro atoms. The van der Waals surface area contributed by atoms with E-state index in [1.807, 2.05) is 30.5 Å². The second-order valence-corrected chi connectivity index (χ2v) is 5.73. The van der Waals surface area contributed by atoms with Gasteiger partial charge in [0.1, 0.15) is 11.7 Å². The highest BCUT2D eigenvalue weighted by Gasteiger charge is 2.22. The number of rotatable bonds is 6. The largest absolute Gasteiger partial charge is 0.467 e. The van der Waals surface area contributed by atoms with Crippen LogP contribution < -0.4 is 5.32 Å². The maximum Gasteiger partial charge on any atom is 0.328 e. The van der Waals surface area contributed by atoms with Crippen molar-refractivity contribution in [2.75, 3.05) is 19.1 Å². The molecule has 0 aliphatic carbocycles. The lowest BCUT2D eigenvalue weighted by Crippen LogP contribution is -2.42. The SMILES string of the molecule is COC(=O)C(CCSC)NC(=O)c1cc2ccccc2cn1. The number of methoxy groups -OCH3 is 1. The Labute approximate surface area is 133 Å². The number of hydrogen-bond donors (Lipinski definition) is 1. The van der Waals surface area contributed by atoms with Gasteiger partial charge in [-0.2, -0.15) is 11.8 Å². The van der Waals surface area contributed by atoms with Gasteiger partial charge in [0.05, 0.1) is 7.11 Å². The molecule has 0 radical (unpaired) electrons. The molecule has 116 valence electrons. The number of carbonyl (C=O) groups is 2. The number of carbonyl (C=O) groups excluding carboxylic acids is 2. The zero-order valence-corrected chi connectivity index (χ0v) is 13.4. The molecule has 0 aliphatic rings.